The first-order valence-corrected chi connectivity index (χ1v) is 11.5. The van der Waals surface area contributed by atoms with Gasteiger partial charge in [-0.25, -0.2) is 19.0 Å². The number of likely N-dealkylation sites (tertiary alicyclic amines) is 1. The highest BCUT2D eigenvalue weighted by Gasteiger charge is 2.30. The lowest BCUT2D eigenvalue weighted by molar-refractivity contribution is 0.0990. The van der Waals surface area contributed by atoms with Gasteiger partial charge >= 0.3 is 0 Å². The third-order valence-corrected chi connectivity index (χ3v) is 5.99. The fraction of sp³-hybridized carbons (Fsp3) is 0.280. The molecule has 36 heavy (non-hydrogen) atoms. The number of benzene rings is 1. The van der Waals surface area contributed by atoms with Crippen LogP contribution in [-0.4, -0.2) is 45.0 Å². The number of aromatic nitrogens is 3. The molecule has 0 spiro atoms. The Morgan fingerprint density at radius 1 is 1.22 bits per heavy atom. The molecule has 1 aromatic carbocycles. The molecule has 0 bridgehead atoms. The number of halogens is 1. The maximum atomic E-state index is 13.7. The van der Waals surface area contributed by atoms with Crippen molar-refractivity contribution in [3.8, 4) is 17.0 Å². The van der Waals surface area contributed by atoms with Gasteiger partial charge in [0.15, 0.2) is 11.5 Å². The first-order chi connectivity index (χ1) is 17.3. The quantitative estimate of drug-likeness (QED) is 0.428. The Kier molecular flexibility index (Phi) is 7.18. The lowest BCUT2D eigenvalue weighted by Gasteiger charge is -2.34. The van der Waals surface area contributed by atoms with Crippen LogP contribution in [0.1, 0.15) is 58.9 Å². The number of ether oxygens (including phenoxy) is 1. The van der Waals surface area contributed by atoms with Crippen molar-refractivity contribution in [3.63, 3.8) is 0 Å². The van der Waals surface area contributed by atoms with E-state index in [1.807, 2.05) is 4.90 Å². The van der Waals surface area contributed by atoms with E-state index in [9.17, 15) is 14.0 Å². The van der Waals surface area contributed by atoms with Crippen molar-refractivity contribution >= 4 is 17.6 Å². The fourth-order valence-electron chi connectivity index (χ4n) is 4.31. The summed E-state index contributed by atoms with van der Waals surface area (Å²) in [5, 5.41) is 2.71. The monoisotopic (exact) mass is 493 g/mol. The van der Waals surface area contributed by atoms with Gasteiger partial charge in [-0.15, -0.1) is 0 Å². The number of nitrogen functional groups attached to an aromatic ring is 1. The number of piperidine rings is 1. The van der Waals surface area contributed by atoms with Crippen molar-refractivity contribution in [2.75, 3.05) is 24.8 Å². The van der Waals surface area contributed by atoms with Gasteiger partial charge in [0.25, 0.3) is 11.8 Å². The van der Waals surface area contributed by atoms with Gasteiger partial charge in [-0.05, 0) is 44.4 Å². The number of hydrogen-bond acceptors (Lipinski definition) is 7. The molecule has 1 aliphatic heterocycles. The van der Waals surface area contributed by atoms with Crippen LogP contribution in [0.4, 0.5) is 10.2 Å². The predicted octanol–water partition coefficient (Wildman–Crippen LogP) is 3.38. The van der Waals surface area contributed by atoms with Crippen molar-refractivity contribution in [1.82, 2.24) is 19.5 Å². The highest BCUT2D eigenvalue weighted by Crippen LogP contribution is 2.34. The van der Waals surface area contributed by atoms with E-state index in [2.05, 4.69) is 15.3 Å². The summed E-state index contributed by atoms with van der Waals surface area (Å²) in [7, 11) is 1.53. The number of anilines is 1. The summed E-state index contributed by atoms with van der Waals surface area (Å²) in [5.41, 5.74) is 6.92. The van der Waals surface area contributed by atoms with E-state index in [4.69, 9.17) is 16.3 Å². The van der Waals surface area contributed by atoms with Gasteiger partial charge in [-0.3, -0.25) is 9.59 Å². The number of rotatable bonds is 7. The van der Waals surface area contributed by atoms with E-state index in [0.717, 1.165) is 12.8 Å². The number of amides is 2. The minimum atomic E-state index is -0.739. The van der Waals surface area contributed by atoms with Crippen molar-refractivity contribution < 1.29 is 18.7 Å². The van der Waals surface area contributed by atoms with Gasteiger partial charge in [0.05, 0.1) is 13.2 Å². The lowest BCUT2D eigenvalue weighted by atomic mass is 10.0. The van der Waals surface area contributed by atoms with Crippen molar-refractivity contribution in [1.29, 1.82) is 0 Å². The van der Waals surface area contributed by atoms with Gasteiger partial charge in [-0.2, -0.15) is 0 Å². The Hall–Kier alpha value is -4.41. The van der Waals surface area contributed by atoms with E-state index in [1.54, 1.807) is 36.4 Å². The summed E-state index contributed by atoms with van der Waals surface area (Å²) in [6.45, 7) is 2.02. The summed E-state index contributed by atoms with van der Waals surface area (Å²) in [6, 6.07) is 9.51. The van der Waals surface area contributed by atoms with E-state index in [-0.39, 0.29) is 23.5 Å². The van der Waals surface area contributed by atoms with E-state index < -0.39 is 5.91 Å². The molecular formula is C25H28FN7O3. The zero-order valence-corrected chi connectivity index (χ0v) is 20.1. The summed E-state index contributed by atoms with van der Waals surface area (Å²) < 4.78 is 20.0. The van der Waals surface area contributed by atoms with Crippen LogP contribution < -0.4 is 21.6 Å². The SMILES string of the molecule is COc1ccnc(NC(=O)c2ccc(-c3nc([C@@H]4CCCCN4C=C(C)F)n(N)c3C(N)=O)cc2)c1. The van der Waals surface area contributed by atoms with E-state index in [0.29, 0.717) is 47.2 Å². The number of nitrogens with two attached hydrogens (primary N) is 2. The average molecular weight is 494 g/mol. The second kappa shape index (κ2) is 10.5. The molecule has 4 rings (SSSR count). The standard InChI is InChI=1S/C25H28FN7O3/c1-15(26)14-32-12-4-3-5-19(32)24-31-21(22(23(27)34)33(24)28)16-6-8-17(9-7-16)25(35)30-20-13-18(36-2)10-11-29-20/h6-11,13-14,19H,3-5,12,28H2,1-2H3,(H2,27,34)(H,29,30,35)/t19-/m0/s1. The Labute approximate surface area is 207 Å². The third-order valence-electron chi connectivity index (χ3n) is 5.99. The molecule has 3 heterocycles. The molecule has 1 fully saturated rings. The van der Waals surface area contributed by atoms with Crippen LogP contribution in [0.3, 0.4) is 0 Å². The van der Waals surface area contributed by atoms with Gasteiger partial charge in [0.1, 0.15) is 23.1 Å². The first kappa shape index (κ1) is 24.7. The van der Waals surface area contributed by atoms with Crippen LogP contribution in [0.15, 0.2) is 54.6 Å². The highest BCUT2D eigenvalue weighted by atomic mass is 19.1. The van der Waals surface area contributed by atoms with Gasteiger partial charge in [0, 0.05) is 36.1 Å². The van der Waals surface area contributed by atoms with Crippen molar-refractivity contribution in [3.05, 3.63) is 71.7 Å². The largest absolute Gasteiger partial charge is 0.497 e. The highest BCUT2D eigenvalue weighted by molar-refractivity contribution is 6.04. The Balaban J connectivity index is 1.63. The molecule has 2 aromatic heterocycles. The molecule has 0 unspecified atom stereocenters. The second-order valence-corrected chi connectivity index (χ2v) is 8.48. The number of hydrogen-bond donors (Lipinski definition) is 3. The number of nitrogens with zero attached hydrogens (tertiary/aromatic N) is 4. The Morgan fingerprint density at radius 2 is 1.97 bits per heavy atom. The number of primary amides is 1. The summed E-state index contributed by atoms with van der Waals surface area (Å²) in [4.78, 5) is 35.6. The van der Waals surface area contributed by atoms with Crippen LogP contribution in [0, 0.1) is 0 Å². The zero-order valence-electron chi connectivity index (χ0n) is 20.1. The maximum absolute atomic E-state index is 13.7. The van der Waals surface area contributed by atoms with Gasteiger partial charge < -0.3 is 26.5 Å². The fourth-order valence-corrected chi connectivity index (χ4v) is 4.31. The van der Waals surface area contributed by atoms with Crippen LogP contribution in [0.5, 0.6) is 5.75 Å². The van der Waals surface area contributed by atoms with Crippen LogP contribution in [-0.2, 0) is 0 Å². The third kappa shape index (κ3) is 5.14. The van der Waals surface area contributed by atoms with Gasteiger partial charge in [0.2, 0.25) is 0 Å². The summed E-state index contributed by atoms with van der Waals surface area (Å²) in [6.07, 6.45) is 5.50. The number of methoxy groups -OCH3 is 1. The molecule has 5 N–H and O–H groups in total. The van der Waals surface area contributed by atoms with Crippen molar-refractivity contribution in [2.45, 2.75) is 32.2 Å². The molecule has 188 valence electrons. The first-order valence-electron chi connectivity index (χ1n) is 11.5. The van der Waals surface area contributed by atoms with Crippen LogP contribution >= 0.6 is 0 Å². The molecule has 1 aliphatic rings. The zero-order chi connectivity index (χ0) is 25.8. The molecule has 2 amide bonds. The number of nitrogens with one attached hydrogen (secondary N) is 1. The van der Waals surface area contributed by atoms with E-state index >= 15 is 0 Å². The van der Waals surface area contributed by atoms with Gasteiger partial charge in [-0.1, -0.05) is 12.1 Å². The molecule has 1 saturated heterocycles. The predicted molar refractivity (Wildman–Crippen MR) is 133 cm³/mol. The van der Waals surface area contributed by atoms with Crippen LogP contribution in [0.25, 0.3) is 11.3 Å². The topological polar surface area (TPSA) is 141 Å². The van der Waals surface area contributed by atoms with Crippen molar-refractivity contribution in [2.24, 2.45) is 5.73 Å². The van der Waals surface area contributed by atoms with E-state index in [1.165, 1.54) is 31.1 Å². The Morgan fingerprint density at radius 3 is 2.64 bits per heavy atom. The normalized spacial score (nSPS) is 16.0. The molecule has 1 atom stereocenters. The number of pyridine rings is 1. The number of allylic oxidation sites excluding steroid dienone is 1. The molecule has 0 radical (unpaired) electrons. The minimum absolute atomic E-state index is 0.0363. The smallest absolute Gasteiger partial charge is 0.269 e. The molecule has 10 nitrogen and oxygen atoms in total. The Bertz CT molecular complexity index is 1300. The number of carbonyl (C=O) groups is 2. The molecule has 3 aromatic rings. The number of imidazole rings is 1. The summed E-state index contributed by atoms with van der Waals surface area (Å²) in [5.74, 6) is 6.18. The summed E-state index contributed by atoms with van der Waals surface area (Å²) >= 11 is 0. The van der Waals surface area contributed by atoms with Crippen LogP contribution in [0.2, 0.25) is 0 Å². The average Bonchev–Trinajstić information content (AvgIpc) is 3.21. The minimum Gasteiger partial charge on any atom is -0.497 e. The lowest BCUT2D eigenvalue weighted by Crippen LogP contribution is -2.33. The molecule has 0 saturated carbocycles. The molecular weight excluding hydrogens is 465 g/mol. The number of carbonyl (C=O) groups excluding carboxylic acids is 2. The molecule has 11 heteroatoms. The molecule has 0 aliphatic carbocycles. The maximum Gasteiger partial charge on any atom is 0.269 e. The second-order valence-electron chi connectivity index (χ2n) is 8.48.